The Morgan fingerprint density at radius 2 is 1.87 bits per heavy atom. The van der Waals surface area contributed by atoms with Crippen molar-refractivity contribution >= 4 is 22.7 Å². The summed E-state index contributed by atoms with van der Waals surface area (Å²) in [7, 11) is 2.13. The standard InChI is InChI=1S/C12H14NS.HI/c1-3-14-12-9-8-10-6-4-5-7-11(10)13(12)2;/h4-9H,3H2,1-2H3;1H/q+1;/p-1. The first kappa shape index (κ1) is 12.8. The Balaban J connectivity index is 0.00000112. The van der Waals surface area contributed by atoms with Crippen molar-refractivity contribution in [3.8, 4) is 0 Å². The number of aryl methyl sites for hydroxylation is 1. The molecule has 0 saturated heterocycles. The molecule has 1 aromatic heterocycles. The van der Waals surface area contributed by atoms with Crippen LogP contribution in [0.1, 0.15) is 6.92 Å². The molecular weight excluding hydrogens is 317 g/mol. The van der Waals surface area contributed by atoms with Crippen LogP contribution >= 0.6 is 11.8 Å². The normalized spacial score (nSPS) is 10.0. The van der Waals surface area contributed by atoms with Gasteiger partial charge in [0.25, 0.3) is 0 Å². The molecule has 0 bridgehead atoms. The molecule has 0 spiro atoms. The number of pyridine rings is 1. The number of nitrogens with zero attached hydrogens (tertiary/aromatic N) is 1. The van der Waals surface area contributed by atoms with Crippen molar-refractivity contribution in [3.05, 3.63) is 36.4 Å². The van der Waals surface area contributed by atoms with E-state index in [4.69, 9.17) is 0 Å². The first-order valence-corrected chi connectivity index (χ1v) is 5.82. The maximum atomic E-state index is 2.25. The maximum Gasteiger partial charge on any atom is 0.240 e. The van der Waals surface area contributed by atoms with Gasteiger partial charge in [0.15, 0.2) is 0 Å². The van der Waals surface area contributed by atoms with Gasteiger partial charge < -0.3 is 24.0 Å². The van der Waals surface area contributed by atoms with Crippen molar-refractivity contribution in [2.24, 2.45) is 7.05 Å². The fraction of sp³-hybridized carbons (Fsp3) is 0.250. The number of rotatable bonds is 2. The molecule has 80 valence electrons. The molecule has 0 aliphatic rings. The lowest BCUT2D eigenvalue weighted by Crippen LogP contribution is -3.00. The predicted molar refractivity (Wildman–Crippen MR) is 61.5 cm³/mol. The van der Waals surface area contributed by atoms with Crippen LogP contribution in [-0.2, 0) is 7.05 Å². The van der Waals surface area contributed by atoms with Gasteiger partial charge in [-0.2, -0.15) is 4.57 Å². The SMILES string of the molecule is CCSc1ccc2ccccc2[n+]1C.[I-]. The highest BCUT2D eigenvalue weighted by atomic mass is 127. The van der Waals surface area contributed by atoms with Crippen LogP contribution in [0.4, 0.5) is 0 Å². The molecule has 1 nitrogen and oxygen atoms in total. The van der Waals surface area contributed by atoms with Crippen molar-refractivity contribution in [3.63, 3.8) is 0 Å². The first-order chi connectivity index (χ1) is 6.83. The van der Waals surface area contributed by atoms with Crippen LogP contribution in [0.2, 0.25) is 0 Å². The molecule has 0 unspecified atom stereocenters. The van der Waals surface area contributed by atoms with E-state index >= 15 is 0 Å². The van der Waals surface area contributed by atoms with Gasteiger partial charge in [0, 0.05) is 23.3 Å². The lowest BCUT2D eigenvalue weighted by atomic mass is 10.2. The van der Waals surface area contributed by atoms with Crippen molar-refractivity contribution in [2.75, 3.05) is 5.75 Å². The molecular formula is C12H14INS. The number of benzene rings is 1. The maximum absolute atomic E-state index is 2.25. The Bertz CT molecular complexity index is 456. The van der Waals surface area contributed by atoms with Crippen LogP contribution in [0.25, 0.3) is 10.9 Å². The second kappa shape index (κ2) is 5.70. The van der Waals surface area contributed by atoms with E-state index in [1.165, 1.54) is 15.9 Å². The molecule has 0 aliphatic carbocycles. The van der Waals surface area contributed by atoms with Crippen molar-refractivity contribution in [2.45, 2.75) is 11.9 Å². The van der Waals surface area contributed by atoms with Gasteiger partial charge in [-0.25, -0.2) is 0 Å². The third kappa shape index (κ3) is 2.64. The third-order valence-electron chi connectivity index (χ3n) is 2.33. The average molecular weight is 331 g/mol. The van der Waals surface area contributed by atoms with Gasteiger partial charge in [-0.15, -0.1) is 0 Å². The molecule has 0 aliphatic heterocycles. The number of fused-ring (bicyclic) bond motifs is 1. The summed E-state index contributed by atoms with van der Waals surface area (Å²) < 4.78 is 2.25. The number of hydrogen-bond acceptors (Lipinski definition) is 1. The predicted octanol–water partition coefficient (Wildman–Crippen LogP) is -0.220. The Hall–Kier alpha value is -0.290. The fourth-order valence-corrected chi connectivity index (χ4v) is 2.37. The summed E-state index contributed by atoms with van der Waals surface area (Å²) in [6.45, 7) is 2.18. The molecule has 3 heteroatoms. The molecule has 0 amide bonds. The topological polar surface area (TPSA) is 3.88 Å². The Morgan fingerprint density at radius 3 is 2.60 bits per heavy atom. The molecule has 1 aromatic carbocycles. The summed E-state index contributed by atoms with van der Waals surface area (Å²) in [5.74, 6) is 1.12. The fourth-order valence-electron chi connectivity index (χ4n) is 1.62. The van der Waals surface area contributed by atoms with Gasteiger partial charge in [0.2, 0.25) is 10.5 Å². The molecule has 15 heavy (non-hydrogen) atoms. The van der Waals surface area contributed by atoms with E-state index in [0.717, 1.165) is 5.75 Å². The number of thioether (sulfide) groups is 1. The van der Waals surface area contributed by atoms with E-state index in [0.29, 0.717) is 0 Å². The zero-order chi connectivity index (χ0) is 9.97. The van der Waals surface area contributed by atoms with Crippen LogP contribution in [-0.4, -0.2) is 5.75 Å². The zero-order valence-electron chi connectivity index (χ0n) is 8.90. The largest absolute Gasteiger partial charge is 1.00 e. The van der Waals surface area contributed by atoms with Gasteiger partial charge in [-0.1, -0.05) is 30.8 Å². The van der Waals surface area contributed by atoms with E-state index in [-0.39, 0.29) is 24.0 Å². The van der Waals surface area contributed by atoms with E-state index in [9.17, 15) is 0 Å². The smallest absolute Gasteiger partial charge is 0.240 e. The Morgan fingerprint density at radius 1 is 1.13 bits per heavy atom. The lowest BCUT2D eigenvalue weighted by molar-refractivity contribution is -0.683. The minimum Gasteiger partial charge on any atom is -1.00 e. The number of para-hydroxylation sites is 1. The summed E-state index contributed by atoms with van der Waals surface area (Å²) >= 11 is 1.88. The van der Waals surface area contributed by atoms with Crippen LogP contribution in [0, 0.1) is 0 Å². The molecule has 0 atom stereocenters. The van der Waals surface area contributed by atoms with E-state index in [1.807, 2.05) is 11.8 Å². The number of aromatic nitrogens is 1. The molecule has 1 heterocycles. The van der Waals surface area contributed by atoms with Gasteiger partial charge >= 0.3 is 0 Å². The minimum atomic E-state index is 0. The quantitative estimate of drug-likeness (QED) is 0.418. The van der Waals surface area contributed by atoms with Crippen molar-refractivity contribution in [1.82, 2.24) is 0 Å². The molecule has 0 radical (unpaired) electrons. The van der Waals surface area contributed by atoms with Crippen molar-refractivity contribution < 1.29 is 28.5 Å². The van der Waals surface area contributed by atoms with Crippen molar-refractivity contribution in [1.29, 1.82) is 0 Å². The highest BCUT2D eigenvalue weighted by molar-refractivity contribution is 7.99. The zero-order valence-corrected chi connectivity index (χ0v) is 11.9. The Labute approximate surface area is 112 Å². The van der Waals surface area contributed by atoms with Gasteiger partial charge in [-0.05, 0) is 12.1 Å². The lowest BCUT2D eigenvalue weighted by Gasteiger charge is -2.00. The second-order valence-electron chi connectivity index (χ2n) is 3.22. The third-order valence-corrected chi connectivity index (χ3v) is 3.32. The molecule has 0 fully saturated rings. The van der Waals surface area contributed by atoms with E-state index in [2.05, 4.69) is 54.9 Å². The highest BCUT2D eigenvalue weighted by Gasteiger charge is 2.09. The minimum absolute atomic E-state index is 0. The van der Waals surface area contributed by atoms with Gasteiger partial charge in [0.1, 0.15) is 7.05 Å². The first-order valence-electron chi connectivity index (χ1n) is 4.83. The van der Waals surface area contributed by atoms with Gasteiger partial charge in [-0.3, -0.25) is 0 Å². The monoisotopic (exact) mass is 331 g/mol. The summed E-state index contributed by atoms with van der Waals surface area (Å²) in [6, 6.07) is 12.9. The summed E-state index contributed by atoms with van der Waals surface area (Å²) in [5.41, 5.74) is 1.30. The average Bonchev–Trinajstić information content (AvgIpc) is 2.23. The van der Waals surface area contributed by atoms with Crippen LogP contribution in [0.3, 0.4) is 0 Å². The van der Waals surface area contributed by atoms with Crippen LogP contribution in [0.15, 0.2) is 41.4 Å². The Kier molecular flexibility index (Phi) is 4.86. The number of halogens is 1. The summed E-state index contributed by atoms with van der Waals surface area (Å²) in [4.78, 5) is 0. The van der Waals surface area contributed by atoms with Crippen LogP contribution in [0.5, 0.6) is 0 Å². The second-order valence-corrected chi connectivity index (χ2v) is 4.51. The molecule has 0 saturated carbocycles. The van der Waals surface area contributed by atoms with E-state index < -0.39 is 0 Å². The number of hydrogen-bond donors (Lipinski definition) is 0. The summed E-state index contributed by atoms with van der Waals surface area (Å²) in [6.07, 6.45) is 0. The molecule has 2 rings (SSSR count). The van der Waals surface area contributed by atoms with Gasteiger partial charge in [0.05, 0.1) is 0 Å². The van der Waals surface area contributed by atoms with Crippen LogP contribution < -0.4 is 28.5 Å². The van der Waals surface area contributed by atoms with E-state index in [1.54, 1.807) is 0 Å². The molecule has 0 N–H and O–H groups in total. The highest BCUT2D eigenvalue weighted by Crippen LogP contribution is 2.17. The molecule has 2 aromatic rings. The summed E-state index contributed by atoms with van der Waals surface area (Å²) in [5, 5.41) is 2.63.